The second-order valence-corrected chi connectivity index (χ2v) is 6.69. The standard InChI is InChI=1S/C12H10BrCl2NS/c13-9-3-1-2-8(12(9)15)10(16)6-7-4-5-11(14)17-7/h1-5,10H,6,16H2. The third-order valence-corrected chi connectivity index (χ3v) is 5.00. The van der Waals surface area contributed by atoms with Crippen LogP contribution in [0, 0.1) is 0 Å². The molecule has 1 heterocycles. The molecule has 0 aliphatic rings. The molecule has 0 spiro atoms. The number of benzene rings is 1. The average Bonchev–Trinajstić information content (AvgIpc) is 2.68. The molecular formula is C12H10BrCl2NS. The number of hydrogen-bond acceptors (Lipinski definition) is 2. The van der Waals surface area contributed by atoms with E-state index < -0.39 is 0 Å². The zero-order valence-electron chi connectivity index (χ0n) is 8.79. The van der Waals surface area contributed by atoms with Crippen LogP contribution in [0.3, 0.4) is 0 Å². The van der Waals surface area contributed by atoms with E-state index in [1.807, 2.05) is 30.3 Å². The molecule has 1 atom stereocenters. The molecule has 1 aromatic heterocycles. The highest BCUT2D eigenvalue weighted by molar-refractivity contribution is 9.10. The van der Waals surface area contributed by atoms with Crippen molar-refractivity contribution in [1.82, 2.24) is 0 Å². The van der Waals surface area contributed by atoms with Crippen molar-refractivity contribution in [3.63, 3.8) is 0 Å². The fraction of sp³-hybridized carbons (Fsp3) is 0.167. The van der Waals surface area contributed by atoms with Gasteiger partial charge in [0.1, 0.15) is 0 Å². The maximum atomic E-state index is 6.21. The Morgan fingerprint density at radius 2 is 2.00 bits per heavy atom. The molecular weight excluding hydrogens is 341 g/mol. The Morgan fingerprint density at radius 1 is 1.24 bits per heavy atom. The van der Waals surface area contributed by atoms with Crippen molar-refractivity contribution in [2.24, 2.45) is 5.73 Å². The van der Waals surface area contributed by atoms with Crippen LogP contribution in [0.4, 0.5) is 0 Å². The highest BCUT2D eigenvalue weighted by atomic mass is 79.9. The second kappa shape index (κ2) is 5.72. The first kappa shape index (κ1) is 13.4. The minimum Gasteiger partial charge on any atom is -0.324 e. The molecule has 0 bridgehead atoms. The van der Waals surface area contributed by atoms with Crippen LogP contribution in [0.1, 0.15) is 16.5 Å². The lowest BCUT2D eigenvalue weighted by Gasteiger charge is -2.13. The Hall–Kier alpha value is -0.0600. The normalized spacial score (nSPS) is 12.7. The molecule has 2 rings (SSSR count). The highest BCUT2D eigenvalue weighted by Crippen LogP contribution is 2.32. The van der Waals surface area contributed by atoms with Crippen LogP contribution in [0.5, 0.6) is 0 Å². The average molecular weight is 351 g/mol. The molecule has 0 radical (unpaired) electrons. The molecule has 5 heteroatoms. The van der Waals surface area contributed by atoms with E-state index in [9.17, 15) is 0 Å². The maximum Gasteiger partial charge on any atom is 0.0931 e. The predicted octanol–water partition coefficient (Wildman–Crippen LogP) is 5.06. The molecule has 0 saturated heterocycles. The van der Waals surface area contributed by atoms with Gasteiger partial charge in [0.05, 0.1) is 9.36 Å². The quantitative estimate of drug-likeness (QED) is 0.822. The Labute approximate surface area is 123 Å². The molecule has 0 aliphatic carbocycles. The molecule has 90 valence electrons. The van der Waals surface area contributed by atoms with Gasteiger partial charge in [-0.15, -0.1) is 11.3 Å². The summed E-state index contributed by atoms with van der Waals surface area (Å²) in [5.74, 6) is 0. The van der Waals surface area contributed by atoms with Gasteiger partial charge in [0.25, 0.3) is 0 Å². The highest BCUT2D eigenvalue weighted by Gasteiger charge is 2.13. The van der Waals surface area contributed by atoms with Crippen LogP contribution in [-0.2, 0) is 6.42 Å². The first-order valence-corrected chi connectivity index (χ1v) is 7.38. The Balaban J connectivity index is 2.20. The number of thiophene rings is 1. The smallest absolute Gasteiger partial charge is 0.0931 e. The number of hydrogen-bond donors (Lipinski definition) is 1. The third kappa shape index (κ3) is 3.24. The van der Waals surface area contributed by atoms with Crippen molar-refractivity contribution in [2.45, 2.75) is 12.5 Å². The van der Waals surface area contributed by atoms with Crippen molar-refractivity contribution in [1.29, 1.82) is 0 Å². The number of nitrogens with two attached hydrogens (primary N) is 1. The summed E-state index contributed by atoms with van der Waals surface area (Å²) in [6.07, 6.45) is 0.744. The van der Waals surface area contributed by atoms with Crippen molar-refractivity contribution in [3.8, 4) is 0 Å². The molecule has 0 amide bonds. The van der Waals surface area contributed by atoms with E-state index in [1.165, 1.54) is 4.88 Å². The minimum atomic E-state index is -0.116. The van der Waals surface area contributed by atoms with E-state index in [4.69, 9.17) is 28.9 Å². The maximum absolute atomic E-state index is 6.21. The van der Waals surface area contributed by atoms with Gasteiger partial charge in [0.2, 0.25) is 0 Å². The Kier molecular flexibility index (Phi) is 4.50. The van der Waals surface area contributed by atoms with Gasteiger partial charge in [-0.2, -0.15) is 0 Å². The largest absolute Gasteiger partial charge is 0.324 e. The molecule has 0 fully saturated rings. The van der Waals surface area contributed by atoms with E-state index in [0.29, 0.717) is 5.02 Å². The predicted molar refractivity (Wildman–Crippen MR) is 79.1 cm³/mol. The first-order chi connectivity index (χ1) is 8.08. The number of rotatable bonds is 3. The monoisotopic (exact) mass is 349 g/mol. The van der Waals surface area contributed by atoms with Gasteiger partial charge in [-0.05, 0) is 39.7 Å². The molecule has 17 heavy (non-hydrogen) atoms. The van der Waals surface area contributed by atoms with Gasteiger partial charge >= 0.3 is 0 Å². The molecule has 1 aromatic carbocycles. The SMILES string of the molecule is NC(Cc1ccc(Cl)s1)c1cccc(Br)c1Cl. The molecule has 0 aliphatic heterocycles. The Bertz CT molecular complexity index is 527. The van der Waals surface area contributed by atoms with Gasteiger partial charge in [0.15, 0.2) is 0 Å². The summed E-state index contributed by atoms with van der Waals surface area (Å²) in [5, 5.41) is 0.683. The summed E-state index contributed by atoms with van der Waals surface area (Å²) in [6.45, 7) is 0. The molecule has 1 unspecified atom stereocenters. The first-order valence-electron chi connectivity index (χ1n) is 5.01. The summed E-state index contributed by atoms with van der Waals surface area (Å²) in [5.41, 5.74) is 7.11. The lowest BCUT2D eigenvalue weighted by atomic mass is 10.0. The summed E-state index contributed by atoms with van der Waals surface area (Å²) in [6, 6.07) is 9.56. The summed E-state index contributed by atoms with van der Waals surface area (Å²) < 4.78 is 1.66. The van der Waals surface area contributed by atoms with Gasteiger partial charge in [-0.1, -0.05) is 35.3 Å². The van der Waals surface area contributed by atoms with Crippen molar-refractivity contribution in [2.75, 3.05) is 0 Å². The summed E-state index contributed by atoms with van der Waals surface area (Å²) in [7, 11) is 0. The van der Waals surface area contributed by atoms with E-state index in [-0.39, 0.29) is 6.04 Å². The molecule has 1 nitrogen and oxygen atoms in total. The van der Waals surface area contributed by atoms with E-state index in [2.05, 4.69) is 15.9 Å². The summed E-state index contributed by atoms with van der Waals surface area (Å²) >= 11 is 17.0. The van der Waals surface area contributed by atoms with Crippen molar-refractivity contribution < 1.29 is 0 Å². The summed E-state index contributed by atoms with van der Waals surface area (Å²) in [4.78, 5) is 1.17. The second-order valence-electron chi connectivity index (χ2n) is 3.66. The van der Waals surface area contributed by atoms with Gasteiger partial charge in [-0.3, -0.25) is 0 Å². The van der Waals surface area contributed by atoms with Crippen LogP contribution in [0.2, 0.25) is 9.36 Å². The van der Waals surface area contributed by atoms with E-state index >= 15 is 0 Å². The van der Waals surface area contributed by atoms with Crippen LogP contribution >= 0.6 is 50.5 Å². The van der Waals surface area contributed by atoms with Gasteiger partial charge in [-0.25, -0.2) is 0 Å². The van der Waals surface area contributed by atoms with E-state index in [0.717, 1.165) is 20.8 Å². The fourth-order valence-corrected chi connectivity index (χ4v) is 3.39. The van der Waals surface area contributed by atoms with Gasteiger partial charge < -0.3 is 5.73 Å². The minimum absolute atomic E-state index is 0.116. The lowest BCUT2D eigenvalue weighted by Crippen LogP contribution is -2.13. The lowest BCUT2D eigenvalue weighted by molar-refractivity contribution is 0.730. The van der Waals surface area contributed by atoms with Gasteiger partial charge in [0, 0.05) is 21.8 Å². The topological polar surface area (TPSA) is 26.0 Å². The van der Waals surface area contributed by atoms with Crippen molar-refractivity contribution >= 4 is 50.5 Å². The van der Waals surface area contributed by atoms with Crippen LogP contribution < -0.4 is 5.73 Å². The fourth-order valence-electron chi connectivity index (χ4n) is 1.59. The molecule has 2 aromatic rings. The van der Waals surface area contributed by atoms with Crippen LogP contribution in [0.15, 0.2) is 34.8 Å². The third-order valence-electron chi connectivity index (χ3n) is 2.43. The molecule has 2 N–H and O–H groups in total. The van der Waals surface area contributed by atoms with Crippen molar-refractivity contribution in [3.05, 3.63) is 54.6 Å². The van der Waals surface area contributed by atoms with Crippen LogP contribution in [0.25, 0.3) is 0 Å². The zero-order chi connectivity index (χ0) is 12.4. The zero-order valence-corrected chi connectivity index (χ0v) is 12.7. The van der Waals surface area contributed by atoms with E-state index in [1.54, 1.807) is 11.3 Å². The molecule has 0 saturated carbocycles. The van der Waals surface area contributed by atoms with Crippen LogP contribution in [-0.4, -0.2) is 0 Å². The Morgan fingerprint density at radius 3 is 2.65 bits per heavy atom. The number of halogens is 3.